The van der Waals surface area contributed by atoms with Gasteiger partial charge in [-0.15, -0.1) is 0 Å². The Morgan fingerprint density at radius 1 is 0.867 bits per heavy atom. The molecule has 84 valence electrons. The van der Waals surface area contributed by atoms with Gasteiger partial charge in [0, 0.05) is 0 Å². The molecule has 0 spiro atoms. The molecule has 0 radical (unpaired) electrons. The lowest BCUT2D eigenvalue weighted by Gasteiger charge is -1.98. The first-order valence-electron chi connectivity index (χ1n) is 5.64. The fourth-order valence-corrected chi connectivity index (χ4v) is 1.02. The number of hydrogen-bond acceptors (Lipinski definition) is 1. The summed E-state index contributed by atoms with van der Waals surface area (Å²) in [6.45, 7) is 4.19. The minimum atomic E-state index is -0.368. The van der Waals surface area contributed by atoms with Crippen LogP contribution in [0.2, 0.25) is 0 Å². The SMILES string of the molecule is CC\C=C/C=C\C=C\C(O)C/C=C\CC. The van der Waals surface area contributed by atoms with Crippen LogP contribution in [0.1, 0.15) is 33.1 Å². The highest BCUT2D eigenvalue weighted by atomic mass is 16.3. The van der Waals surface area contributed by atoms with E-state index < -0.39 is 0 Å². The fourth-order valence-electron chi connectivity index (χ4n) is 1.02. The minimum absolute atomic E-state index is 0.368. The van der Waals surface area contributed by atoms with Crippen LogP contribution >= 0.6 is 0 Å². The first-order chi connectivity index (χ1) is 7.31. The van der Waals surface area contributed by atoms with Crippen LogP contribution in [0.4, 0.5) is 0 Å². The molecule has 0 aromatic heterocycles. The van der Waals surface area contributed by atoms with Gasteiger partial charge in [0.15, 0.2) is 0 Å². The van der Waals surface area contributed by atoms with E-state index in [0.717, 1.165) is 12.8 Å². The Kier molecular flexibility index (Phi) is 10.2. The molecule has 0 amide bonds. The number of hydrogen-bond donors (Lipinski definition) is 1. The normalized spacial score (nSPS) is 15.1. The lowest BCUT2D eigenvalue weighted by molar-refractivity contribution is 0.227. The van der Waals surface area contributed by atoms with Crippen molar-refractivity contribution in [2.45, 2.75) is 39.2 Å². The molecule has 15 heavy (non-hydrogen) atoms. The first-order valence-corrected chi connectivity index (χ1v) is 5.64. The van der Waals surface area contributed by atoms with Gasteiger partial charge in [0.2, 0.25) is 0 Å². The summed E-state index contributed by atoms with van der Waals surface area (Å²) in [7, 11) is 0. The lowest BCUT2D eigenvalue weighted by atomic mass is 10.2. The molecule has 0 aromatic carbocycles. The maximum atomic E-state index is 9.49. The summed E-state index contributed by atoms with van der Waals surface area (Å²) in [5.74, 6) is 0. The molecule has 1 nitrogen and oxygen atoms in total. The maximum Gasteiger partial charge on any atom is 0.0758 e. The van der Waals surface area contributed by atoms with E-state index in [9.17, 15) is 5.11 Å². The molecule has 0 bridgehead atoms. The van der Waals surface area contributed by atoms with E-state index in [2.05, 4.69) is 26.0 Å². The summed E-state index contributed by atoms with van der Waals surface area (Å²) < 4.78 is 0. The summed E-state index contributed by atoms with van der Waals surface area (Å²) in [5.41, 5.74) is 0. The molecule has 0 aromatic rings. The van der Waals surface area contributed by atoms with Gasteiger partial charge in [-0.05, 0) is 19.3 Å². The quantitative estimate of drug-likeness (QED) is 0.496. The molecule has 0 saturated heterocycles. The number of aliphatic hydroxyl groups excluding tert-OH is 1. The Hall–Kier alpha value is -1.08. The molecular weight excluding hydrogens is 184 g/mol. The summed E-state index contributed by atoms with van der Waals surface area (Å²) in [4.78, 5) is 0. The fraction of sp³-hybridized carbons (Fsp3) is 0.429. The van der Waals surface area contributed by atoms with Crippen molar-refractivity contribution < 1.29 is 5.11 Å². The van der Waals surface area contributed by atoms with E-state index >= 15 is 0 Å². The summed E-state index contributed by atoms with van der Waals surface area (Å²) in [6.07, 6.45) is 18.2. The van der Waals surface area contributed by atoms with Crippen molar-refractivity contribution in [3.8, 4) is 0 Å². The third kappa shape index (κ3) is 10.8. The van der Waals surface area contributed by atoms with Crippen molar-refractivity contribution in [2.75, 3.05) is 0 Å². The Labute approximate surface area is 93.5 Å². The zero-order chi connectivity index (χ0) is 11.4. The molecule has 1 heteroatoms. The molecule has 0 heterocycles. The number of allylic oxidation sites excluding steroid dienone is 6. The second kappa shape index (κ2) is 11.0. The molecule has 0 rings (SSSR count). The van der Waals surface area contributed by atoms with Crippen LogP contribution in [0.15, 0.2) is 48.6 Å². The largest absolute Gasteiger partial charge is 0.389 e. The van der Waals surface area contributed by atoms with Crippen molar-refractivity contribution in [2.24, 2.45) is 0 Å². The molecule has 0 saturated carbocycles. The van der Waals surface area contributed by atoms with Gasteiger partial charge in [0.25, 0.3) is 0 Å². The highest BCUT2D eigenvalue weighted by molar-refractivity contribution is 5.12. The van der Waals surface area contributed by atoms with Crippen LogP contribution in [0.3, 0.4) is 0 Å². The van der Waals surface area contributed by atoms with E-state index in [0.29, 0.717) is 6.42 Å². The minimum Gasteiger partial charge on any atom is -0.389 e. The zero-order valence-corrected chi connectivity index (χ0v) is 9.76. The number of aliphatic hydroxyl groups is 1. The molecule has 0 aliphatic heterocycles. The van der Waals surface area contributed by atoms with Crippen LogP contribution in [0, 0.1) is 0 Å². The Morgan fingerprint density at radius 3 is 2.20 bits per heavy atom. The zero-order valence-electron chi connectivity index (χ0n) is 9.76. The first kappa shape index (κ1) is 13.9. The third-order valence-electron chi connectivity index (χ3n) is 1.82. The van der Waals surface area contributed by atoms with E-state index in [4.69, 9.17) is 0 Å². The topological polar surface area (TPSA) is 20.2 Å². The van der Waals surface area contributed by atoms with Crippen molar-refractivity contribution in [3.63, 3.8) is 0 Å². The average Bonchev–Trinajstić information content (AvgIpc) is 2.23. The third-order valence-corrected chi connectivity index (χ3v) is 1.82. The second-order valence-electron chi connectivity index (χ2n) is 3.29. The lowest BCUT2D eigenvalue weighted by Crippen LogP contribution is -1.98. The van der Waals surface area contributed by atoms with Crippen LogP contribution < -0.4 is 0 Å². The van der Waals surface area contributed by atoms with Crippen molar-refractivity contribution in [1.29, 1.82) is 0 Å². The summed E-state index contributed by atoms with van der Waals surface area (Å²) in [5, 5.41) is 9.49. The van der Waals surface area contributed by atoms with Crippen LogP contribution in [-0.4, -0.2) is 11.2 Å². The molecule has 0 aliphatic carbocycles. The van der Waals surface area contributed by atoms with Gasteiger partial charge in [-0.2, -0.15) is 0 Å². The van der Waals surface area contributed by atoms with Crippen LogP contribution in [0.25, 0.3) is 0 Å². The van der Waals surface area contributed by atoms with E-state index in [1.807, 2.05) is 30.4 Å². The summed E-state index contributed by atoms with van der Waals surface area (Å²) in [6, 6.07) is 0. The van der Waals surface area contributed by atoms with Gasteiger partial charge < -0.3 is 5.11 Å². The van der Waals surface area contributed by atoms with Gasteiger partial charge >= 0.3 is 0 Å². The van der Waals surface area contributed by atoms with Crippen LogP contribution in [0.5, 0.6) is 0 Å². The summed E-state index contributed by atoms with van der Waals surface area (Å²) >= 11 is 0. The van der Waals surface area contributed by atoms with Gasteiger partial charge in [-0.3, -0.25) is 0 Å². The smallest absolute Gasteiger partial charge is 0.0758 e. The van der Waals surface area contributed by atoms with Gasteiger partial charge in [-0.25, -0.2) is 0 Å². The monoisotopic (exact) mass is 206 g/mol. The molecule has 1 unspecified atom stereocenters. The van der Waals surface area contributed by atoms with E-state index in [1.54, 1.807) is 6.08 Å². The van der Waals surface area contributed by atoms with Crippen molar-refractivity contribution >= 4 is 0 Å². The van der Waals surface area contributed by atoms with Crippen molar-refractivity contribution in [1.82, 2.24) is 0 Å². The number of rotatable bonds is 7. The highest BCUT2D eigenvalue weighted by Crippen LogP contribution is 1.96. The van der Waals surface area contributed by atoms with E-state index in [-0.39, 0.29) is 6.10 Å². The Morgan fingerprint density at radius 2 is 1.53 bits per heavy atom. The maximum absolute atomic E-state index is 9.49. The standard InChI is InChI=1S/C14H22O/c1-3-5-7-8-9-11-13-14(15)12-10-6-4-2/h5-11,13-15H,3-4,12H2,1-2H3/b7-5-,9-8-,10-6-,13-11+. The Balaban J connectivity index is 3.70. The average molecular weight is 206 g/mol. The predicted octanol–water partition coefficient (Wildman–Crippen LogP) is 3.78. The van der Waals surface area contributed by atoms with Crippen molar-refractivity contribution in [3.05, 3.63) is 48.6 Å². The molecule has 0 aliphatic rings. The van der Waals surface area contributed by atoms with E-state index in [1.165, 1.54) is 0 Å². The van der Waals surface area contributed by atoms with Gasteiger partial charge in [0.05, 0.1) is 6.10 Å². The Bertz CT molecular complexity index is 234. The molecular formula is C14H22O. The van der Waals surface area contributed by atoms with Crippen LogP contribution in [-0.2, 0) is 0 Å². The predicted molar refractivity (Wildman–Crippen MR) is 67.8 cm³/mol. The van der Waals surface area contributed by atoms with Gasteiger partial charge in [-0.1, -0.05) is 62.5 Å². The molecule has 1 atom stereocenters. The second-order valence-corrected chi connectivity index (χ2v) is 3.29. The molecule has 0 fully saturated rings. The molecule has 1 N–H and O–H groups in total. The van der Waals surface area contributed by atoms with Gasteiger partial charge in [0.1, 0.15) is 0 Å². The highest BCUT2D eigenvalue weighted by Gasteiger charge is 1.92.